The molecule has 1 aromatic heterocycles. The minimum atomic E-state index is 0.463. The molecular weight excluding hydrogens is 104 g/mol. The summed E-state index contributed by atoms with van der Waals surface area (Å²) in [5.41, 5.74) is 10.6. The Bertz CT molecular complexity index is 170. The number of nitrogens with zero attached hydrogens (tertiary/aromatic N) is 2. The van der Waals surface area contributed by atoms with Crippen LogP contribution in [-0.4, -0.2) is 9.78 Å². The van der Waals surface area contributed by atoms with Gasteiger partial charge >= 0.3 is 0 Å². The van der Waals surface area contributed by atoms with E-state index in [-0.39, 0.29) is 0 Å². The highest BCUT2D eigenvalue weighted by Crippen LogP contribution is 2.03. The second-order valence-electron chi connectivity index (χ2n) is 1.62. The monoisotopic (exact) mass is 112 g/mol. The summed E-state index contributed by atoms with van der Waals surface area (Å²) in [7, 11) is 1.74. The molecule has 0 atom stereocenters. The molecule has 0 aliphatic carbocycles. The van der Waals surface area contributed by atoms with E-state index in [1.807, 2.05) is 0 Å². The van der Waals surface area contributed by atoms with E-state index in [0.29, 0.717) is 11.6 Å². The number of nitrogens with two attached hydrogens (primary N) is 2. The van der Waals surface area contributed by atoms with Crippen LogP contribution < -0.4 is 11.5 Å². The Morgan fingerprint density at radius 2 is 2.25 bits per heavy atom. The van der Waals surface area contributed by atoms with Gasteiger partial charge in [-0.15, -0.1) is 0 Å². The van der Waals surface area contributed by atoms with E-state index in [0.717, 1.165) is 0 Å². The van der Waals surface area contributed by atoms with E-state index in [1.165, 1.54) is 4.68 Å². The molecule has 0 aromatic carbocycles. The van der Waals surface area contributed by atoms with Crippen LogP contribution in [0.15, 0.2) is 6.07 Å². The molecule has 1 heterocycles. The van der Waals surface area contributed by atoms with Crippen molar-refractivity contribution in [2.45, 2.75) is 0 Å². The Morgan fingerprint density at radius 3 is 2.38 bits per heavy atom. The van der Waals surface area contributed by atoms with E-state index >= 15 is 0 Å². The summed E-state index contributed by atoms with van der Waals surface area (Å²) in [4.78, 5) is 0. The van der Waals surface area contributed by atoms with E-state index < -0.39 is 0 Å². The largest absolute Gasteiger partial charge is 0.384 e. The third kappa shape index (κ3) is 0.598. The molecule has 44 valence electrons. The lowest BCUT2D eigenvalue weighted by molar-refractivity contribution is 0.783. The summed E-state index contributed by atoms with van der Waals surface area (Å²) in [6.07, 6.45) is 0. The molecule has 0 amide bonds. The quantitative estimate of drug-likeness (QED) is 0.479. The van der Waals surface area contributed by atoms with E-state index in [2.05, 4.69) is 5.10 Å². The number of aromatic nitrogens is 2. The maximum Gasteiger partial charge on any atom is 0.147 e. The number of aryl methyl sites for hydroxylation is 1. The Hall–Kier alpha value is -1.19. The van der Waals surface area contributed by atoms with Gasteiger partial charge in [0.1, 0.15) is 11.6 Å². The van der Waals surface area contributed by atoms with Gasteiger partial charge in [0.15, 0.2) is 0 Å². The van der Waals surface area contributed by atoms with Crippen LogP contribution in [-0.2, 0) is 7.05 Å². The molecule has 0 spiro atoms. The first-order valence-corrected chi connectivity index (χ1v) is 2.25. The smallest absolute Gasteiger partial charge is 0.147 e. The van der Waals surface area contributed by atoms with Crippen molar-refractivity contribution >= 4 is 11.6 Å². The van der Waals surface area contributed by atoms with Crippen LogP contribution in [0.2, 0.25) is 0 Å². The van der Waals surface area contributed by atoms with Gasteiger partial charge in [-0.25, -0.2) is 0 Å². The first kappa shape index (κ1) is 4.96. The minimum Gasteiger partial charge on any atom is -0.384 e. The van der Waals surface area contributed by atoms with Crippen molar-refractivity contribution in [1.82, 2.24) is 9.78 Å². The Labute approximate surface area is 47.1 Å². The lowest BCUT2D eigenvalue weighted by atomic mass is 10.6. The minimum absolute atomic E-state index is 0.463. The van der Waals surface area contributed by atoms with Gasteiger partial charge in [-0.1, -0.05) is 0 Å². The standard InChI is InChI=1S/C4H8N4/c1-8-4(6)2-3(5)7-8/h2H,6H2,1H3,(H2,5,7). The lowest BCUT2D eigenvalue weighted by Crippen LogP contribution is -1.96. The van der Waals surface area contributed by atoms with Crippen molar-refractivity contribution in [1.29, 1.82) is 0 Å². The van der Waals surface area contributed by atoms with Gasteiger partial charge in [-0.2, -0.15) is 5.10 Å². The lowest BCUT2D eigenvalue weighted by Gasteiger charge is -1.87. The molecule has 0 aliphatic heterocycles. The first-order chi connectivity index (χ1) is 3.70. The Morgan fingerprint density at radius 1 is 1.62 bits per heavy atom. The van der Waals surface area contributed by atoms with Crippen LogP contribution in [0.5, 0.6) is 0 Å². The fourth-order valence-corrected chi connectivity index (χ4v) is 0.505. The van der Waals surface area contributed by atoms with Crippen molar-refractivity contribution in [2.24, 2.45) is 7.05 Å². The molecule has 0 saturated heterocycles. The average Bonchev–Trinajstić information content (AvgIpc) is 1.85. The van der Waals surface area contributed by atoms with Crippen LogP contribution in [0.4, 0.5) is 11.6 Å². The second-order valence-corrected chi connectivity index (χ2v) is 1.62. The van der Waals surface area contributed by atoms with Gasteiger partial charge in [-0.3, -0.25) is 4.68 Å². The van der Waals surface area contributed by atoms with Crippen molar-refractivity contribution in [3.8, 4) is 0 Å². The molecule has 8 heavy (non-hydrogen) atoms. The SMILES string of the molecule is Cn1nc(N)cc1N. The molecule has 4 nitrogen and oxygen atoms in total. The molecule has 4 N–H and O–H groups in total. The maximum atomic E-state index is 5.36. The predicted molar refractivity (Wildman–Crippen MR) is 32.0 cm³/mol. The highest BCUT2D eigenvalue weighted by molar-refractivity contribution is 5.41. The second kappa shape index (κ2) is 1.40. The van der Waals surface area contributed by atoms with Crippen molar-refractivity contribution in [3.63, 3.8) is 0 Å². The molecule has 1 aromatic rings. The maximum absolute atomic E-state index is 5.36. The number of nitrogen functional groups attached to an aromatic ring is 2. The van der Waals surface area contributed by atoms with Crippen LogP contribution in [0.3, 0.4) is 0 Å². The van der Waals surface area contributed by atoms with Crippen LogP contribution in [0.1, 0.15) is 0 Å². The normalized spacial score (nSPS) is 9.62. The summed E-state index contributed by atoms with van der Waals surface area (Å²) < 4.78 is 1.52. The molecule has 0 saturated carbocycles. The third-order valence-electron chi connectivity index (χ3n) is 0.935. The topological polar surface area (TPSA) is 69.9 Å². The van der Waals surface area contributed by atoms with Crippen LogP contribution in [0, 0.1) is 0 Å². The highest BCUT2D eigenvalue weighted by Gasteiger charge is 1.93. The Balaban J connectivity index is 3.14. The summed E-state index contributed by atoms with van der Waals surface area (Å²) >= 11 is 0. The van der Waals surface area contributed by atoms with Crippen molar-refractivity contribution in [2.75, 3.05) is 11.5 Å². The molecule has 0 unspecified atom stereocenters. The highest BCUT2D eigenvalue weighted by atomic mass is 15.3. The Kier molecular flexibility index (Phi) is 0.865. The fraction of sp³-hybridized carbons (Fsp3) is 0.250. The van der Waals surface area contributed by atoms with Crippen LogP contribution in [0.25, 0.3) is 0 Å². The molecular formula is C4H8N4. The van der Waals surface area contributed by atoms with E-state index in [9.17, 15) is 0 Å². The van der Waals surface area contributed by atoms with E-state index in [4.69, 9.17) is 11.5 Å². The zero-order chi connectivity index (χ0) is 6.15. The summed E-state index contributed by atoms with van der Waals surface area (Å²) in [5, 5.41) is 3.78. The van der Waals surface area contributed by atoms with Gasteiger partial charge in [-0.05, 0) is 0 Å². The summed E-state index contributed by atoms with van der Waals surface area (Å²) in [6.45, 7) is 0. The first-order valence-electron chi connectivity index (χ1n) is 2.25. The number of anilines is 2. The van der Waals surface area contributed by atoms with Crippen molar-refractivity contribution in [3.05, 3.63) is 6.07 Å². The predicted octanol–water partition coefficient (Wildman–Crippen LogP) is -0.416. The van der Waals surface area contributed by atoms with Gasteiger partial charge in [0, 0.05) is 13.1 Å². The molecule has 0 radical (unpaired) electrons. The molecule has 0 aliphatic rings. The zero-order valence-corrected chi connectivity index (χ0v) is 4.63. The molecule has 4 heteroatoms. The van der Waals surface area contributed by atoms with E-state index in [1.54, 1.807) is 13.1 Å². The zero-order valence-electron chi connectivity index (χ0n) is 4.63. The summed E-state index contributed by atoms with van der Waals surface area (Å²) in [6, 6.07) is 1.61. The van der Waals surface area contributed by atoms with Gasteiger partial charge in [0.25, 0.3) is 0 Å². The molecule has 0 bridgehead atoms. The number of rotatable bonds is 0. The molecule has 0 fully saturated rings. The number of hydrogen-bond acceptors (Lipinski definition) is 3. The van der Waals surface area contributed by atoms with Gasteiger partial charge in [0.05, 0.1) is 0 Å². The van der Waals surface area contributed by atoms with Crippen molar-refractivity contribution < 1.29 is 0 Å². The van der Waals surface area contributed by atoms with Crippen LogP contribution >= 0.6 is 0 Å². The van der Waals surface area contributed by atoms with Gasteiger partial charge in [0.2, 0.25) is 0 Å². The average molecular weight is 112 g/mol. The number of hydrogen-bond donors (Lipinski definition) is 2. The summed E-state index contributed by atoms with van der Waals surface area (Å²) in [5.74, 6) is 1.05. The fourth-order valence-electron chi connectivity index (χ4n) is 0.505. The van der Waals surface area contributed by atoms with Gasteiger partial charge < -0.3 is 11.5 Å². The molecule has 1 rings (SSSR count). The third-order valence-corrected chi connectivity index (χ3v) is 0.935.